The van der Waals surface area contributed by atoms with Crippen molar-refractivity contribution in [3.63, 3.8) is 0 Å². The maximum atomic E-state index is 11.0. The molecule has 0 radical (unpaired) electrons. The first kappa shape index (κ1) is 7.78. The van der Waals surface area contributed by atoms with E-state index < -0.39 is 4.99 Å². The number of allylic oxidation sites excluding steroid dienone is 1. The van der Waals surface area contributed by atoms with Crippen LogP contribution in [0.4, 0.5) is 0 Å². The van der Waals surface area contributed by atoms with Gasteiger partial charge in [-0.1, -0.05) is 12.6 Å². The van der Waals surface area contributed by atoms with Gasteiger partial charge in [-0.15, -0.1) is 0 Å². The van der Waals surface area contributed by atoms with Gasteiger partial charge in [0.25, 0.3) is 0 Å². The van der Waals surface area contributed by atoms with Gasteiger partial charge in [0.15, 0.2) is 0 Å². The standard InChI is InChI=1S/C6H10N2OS/c1-5-3-4-8(9)6(2,10)7-5/h3-4,8,10H,1-2H3. The highest BCUT2D eigenvalue weighted by atomic mass is 32.1. The molecule has 10 heavy (non-hydrogen) atoms. The van der Waals surface area contributed by atoms with Crippen LogP contribution in [0.1, 0.15) is 13.8 Å². The molecule has 1 rings (SSSR count). The second kappa shape index (κ2) is 2.38. The zero-order chi connectivity index (χ0) is 7.78. The van der Waals surface area contributed by atoms with Crippen molar-refractivity contribution in [2.24, 2.45) is 4.99 Å². The molecule has 1 aliphatic rings. The summed E-state index contributed by atoms with van der Waals surface area (Å²) >= 11 is 4.08. The van der Waals surface area contributed by atoms with Crippen LogP contribution in [0.5, 0.6) is 0 Å². The molecule has 0 bridgehead atoms. The molecule has 2 unspecified atom stereocenters. The molecular formula is C6H10N2OS. The second-order valence-corrected chi connectivity index (χ2v) is 3.34. The molecule has 0 saturated carbocycles. The molecule has 0 aliphatic carbocycles. The van der Waals surface area contributed by atoms with Crippen molar-refractivity contribution in [1.29, 1.82) is 0 Å². The minimum atomic E-state index is -0.834. The highest BCUT2D eigenvalue weighted by molar-refractivity contribution is 7.81. The van der Waals surface area contributed by atoms with Crippen LogP contribution >= 0.6 is 12.6 Å². The van der Waals surface area contributed by atoms with Gasteiger partial charge in [0.2, 0.25) is 4.99 Å². The van der Waals surface area contributed by atoms with Gasteiger partial charge in [0, 0.05) is 18.7 Å². The highest BCUT2D eigenvalue weighted by Crippen LogP contribution is 2.09. The number of nitrogens with zero attached hydrogens (tertiary/aromatic N) is 1. The van der Waals surface area contributed by atoms with E-state index in [1.165, 1.54) is 6.20 Å². The van der Waals surface area contributed by atoms with E-state index in [0.717, 1.165) is 5.71 Å². The molecule has 1 N–H and O–H groups in total. The van der Waals surface area contributed by atoms with E-state index in [4.69, 9.17) is 0 Å². The summed E-state index contributed by atoms with van der Waals surface area (Å²) in [4.78, 5) is 3.21. The van der Waals surface area contributed by atoms with Crippen molar-refractivity contribution in [2.45, 2.75) is 18.8 Å². The molecule has 0 aromatic carbocycles. The number of rotatable bonds is 0. The summed E-state index contributed by atoms with van der Waals surface area (Å²) in [6.07, 6.45) is 3.20. The quantitative estimate of drug-likeness (QED) is 0.377. The number of nitrogens with one attached hydrogen (secondary N) is 1. The van der Waals surface area contributed by atoms with Gasteiger partial charge in [-0.3, -0.25) is 0 Å². The molecule has 4 heteroatoms. The Morgan fingerprint density at radius 1 is 1.80 bits per heavy atom. The van der Waals surface area contributed by atoms with Crippen LogP contribution in [-0.2, 0) is 0 Å². The summed E-state index contributed by atoms with van der Waals surface area (Å²) in [6, 6.07) is 0. The van der Waals surface area contributed by atoms with Gasteiger partial charge >= 0.3 is 0 Å². The zero-order valence-electron chi connectivity index (χ0n) is 5.96. The largest absolute Gasteiger partial charge is 0.627 e. The Kier molecular flexibility index (Phi) is 1.85. The minimum absolute atomic E-state index is 0.0542. The van der Waals surface area contributed by atoms with Gasteiger partial charge in [0.1, 0.15) is 0 Å². The van der Waals surface area contributed by atoms with Crippen molar-refractivity contribution in [3.8, 4) is 0 Å². The summed E-state index contributed by atoms with van der Waals surface area (Å²) in [5.41, 5.74) is 0.845. The van der Waals surface area contributed by atoms with Crippen LogP contribution in [0.15, 0.2) is 17.3 Å². The minimum Gasteiger partial charge on any atom is -0.627 e. The SMILES string of the molecule is CC1=NC(C)(S)[NH+]([O-])C=C1. The number of hydroxylamine groups is 2. The molecule has 0 aromatic rings. The molecule has 2 atom stereocenters. The molecule has 3 nitrogen and oxygen atoms in total. The lowest BCUT2D eigenvalue weighted by Gasteiger charge is -2.32. The van der Waals surface area contributed by atoms with Crippen LogP contribution < -0.4 is 5.06 Å². The van der Waals surface area contributed by atoms with E-state index in [1.807, 2.05) is 6.92 Å². The summed E-state index contributed by atoms with van der Waals surface area (Å²) in [7, 11) is 0. The third-order valence-electron chi connectivity index (χ3n) is 1.34. The Morgan fingerprint density at radius 2 is 2.40 bits per heavy atom. The van der Waals surface area contributed by atoms with Gasteiger partial charge in [-0.05, 0) is 6.92 Å². The molecular weight excluding hydrogens is 148 g/mol. The molecule has 0 aromatic heterocycles. The maximum absolute atomic E-state index is 11.0. The number of hydrogen-bond acceptors (Lipinski definition) is 3. The zero-order valence-corrected chi connectivity index (χ0v) is 6.85. The molecule has 0 saturated heterocycles. The van der Waals surface area contributed by atoms with Crippen LogP contribution in [0.25, 0.3) is 0 Å². The Morgan fingerprint density at radius 3 is 2.80 bits per heavy atom. The average molecular weight is 158 g/mol. The predicted molar refractivity (Wildman–Crippen MR) is 44.0 cm³/mol. The van der Waals surface area contributed by atoms with Crippen molar-refractivity contribution in [1.82, 2.24) is 0 Å². The Hall–Kier alpha value is -0.320. The Bertz CT molecular complexity index is 198. The number of quaternary nitrogens is 1. The number of thiol groups is 1. The fourth-order valence-electron chi connectivity index (χ4n) is 0.790. The van der Waals surface area contributed by atoms with Crippen LogP contribution in [0.3, 0.4) is 0 Å². The third kappa shape index (κ3) is 1.39. The second-order valence-electron chi connectivity index (χ2n) is 2.47. The number of hydrogen-bond donors (Lipinski definition) is 2. The lowest BCUT2D eigenvalue weighted by atomic mass is 10.3. The topological polar surface area (TPSA) is 39.9 Å². The van der Waals surface area contributed by atoms with E-state index in [9.17, 15) is 5.21 Å². The summed E-state index contributed by atoms with van der Waals surface area (Å²) < 4.78 is 0. The average Bonchev–Trinajstić information content (AvgIpc) is 1.78. The Labute approximate surface area is 65.4 Å². The predicted octanol–water partition coefficient (Wildman–Crippen LogP) is -0.0392. The maximum Gasteiger partial charge on any atom is 0.237 e. The van der Waals surface area contributed by atoms with Crippen LogP contribution in [-0.4, -0.2) is 10.7 Å². The lowest BCUT2D eigenvalue weighted by molar-refractivity contribution is -0.829. The summed E-state index contributed by atoms with van der Waals surface area (Å²) in [6.45, 7) is 3.53. The first-order valence-corrected chi connectivity index (χ1v) is 3.48. The van der Waals surface area contributed by atoms with E-state index in [0.29, 0.717) is 0 Å². The summed E-state index contributed by atoms with van der Waals surface area (Å²) in [5.74, 6) is 0. The molecule has 1 heterocycles. The van der Waals surface area contributed by atoms with Crippen molar-refractivity contribution >= 4 is 18.3 Å². The van der Waals surface area contributed by atoms with Crippen LogP contribution in [0.2, 0.25) is 0 Å². The first-order valence-electron chi connectivity index (χ1n) is 3.04. The molecule has 0 spiro atoms. The molecule has 0 amide bonds. The smallest absolute Gasteiger partial charge is 0.237 e. The number of aliphatic imine (C=N–C) groups is 1. The van der Waals surface area contributed by atoms with E-state index in [1.54, 1.807) is 13.0 Å². The van der Waals surface area contributed by atoms with E-state index in [2.05, 4.69) is 17.6 Å². The van der Waals surface area contributed by atoms with Gasteiger partial charge < -0.3 is 10.3 Å². The molecule has 1 aliphatic heterocycles. The third-order valence-corrected chi connectivity index (χ3v) is 1.66. The van der Waals surface area contributed by atoms with Crippen molar-refractivity contribution < 1.29 is 5.06 Å². The van der Waals surface area contributed by atoms with Gasteiger partial charge in [-0.25, -0.2) is 4.99 Å². The normalized spacial score (nSPS) is 39.6. The molecule has 0 fully saturated rings. The lowest BCUT2D eigenvalue weighted by Crippen LogP contribution is -3.10. The van der Waals surface area contributed by atoms with E-state index >= 15 is 0 Å². The molecule has 56 valence electrons. The van der Waals surface area contributed by atoms with E-state index in [-0.39, 0.29) is 5.06 Å². The monoisotopic (exact) mass is 158 g/mol. The van der Waals surface area contributed by atoms with Crippen molar-refractivity contribution in [2.75, 3.05) is 0 Å². The summed E-state index contributed by atoms with van der Waals surface area (Å²) in [5, 5.41) is 10.9. The fraction of sp³-hybridized carbons (Fsp3) is 0.500. The van der Waals surface area contributed by atoms with Crippen LogP contribution in [0, 0.1) is 5.21 Å². The van der Waals surface area contributed by atoms with Crippen molar-refractivity contribution in [3.05, 3.63) is 17.5 Å². The first-order chi connectivity index (χ1) is 4.52. The van der Waals surface area contributed by atoms with Gasteiger partial charge in [-0.2, -0.15) is 0 Å². The van der Waals surface area contributed by atoms with Gasteiger partial charge in [0.05, 0.1) is 6.20 Å². The fourth-order valence-corrected chi connectivity index (χ4v) is 1.02. The Balaban J connectivity index is 2.88. The highest BCUT2D eigenvalue weighted by Gasteiger charge is 2.25.